The first kappa shape index (κ1) is 21.5. The summed E-state index contributed by atoms with van der Waals surface area (Å²) < 4.78 is 16.8. The summed E-state index contributed by atoms with van der Waals surface area (Å²) in [5.74, 6) is -0.717. The van der Waals surface area contributed by atoms with Crippen molar-refractivity contribution < 1.29 is 14.0 Å². The predicted octanol–water partition coefficient (Wildman–Crippen LogP) is 3.52. The van der Waals surface area contributed by atoms with Gasteiger partial charge in [-0.25, -0.2) is 9.07 Å². The number of carbonyl (C=O) groups excluding carboxylic acids is 2. The molecule has 2 aliphatic rings. The van der Waals surface area contributed by atoms with Gasteiger partial charge in [-0.1, -0.05) is 6.92 Å². The number of nitrogens with zero attached hydrogens (tertiary/aromatic N) is 5. The molecule has 2 amide bonds. The Morgan fingerprint density at radius 2 is 1.83 bits per heavy atom. The molecule has 2 unspecified atom stereocenters. The highest BCUT2D eigenvalue weighted by atomic mass is 19.1. The van der Waals surface area contributed by atoms with Crippen LogP contribution >= 0.6 is 0 Å². The largest absolute Gasteiger partial charge is 0.350 e. The lowest BCUT2D eigenvalue weighted by molar-refractivity contribution is -0.123. The zero-order chi connectivity index (χ0) is 24.3. The SMILES string of the molecule is CC1C(=O)N(c2ccc3c(cnn3-c3ccc(F)cc3)c2)C(c2ccn(C)n2)[C@H]1NC(=O)C1CC1. The third-order valence-electron chi connectivity index (χ3n) is 6.98. The number of aromatic nitrogens is 4. The summed E-state index contributed by atoms with van der Waals surface area (Å²) in [5.41, 5.74) is 3.03. The van der Waals surface area contributed by atoms with Crippen molar-refractivity contribution in [3.05, 3.63) is 72.4 Å². The highest BCUT2D eigenvalue weighted by Gasteiger charge is 2.49. The number of anilines is 1. The Labute approximate surface area is 201 Å². The molecule has 35 heavy (non-hydrogen) atoms. The lowest BCUT2D eigenvalue weighted by Crippen LogP contribution is -2.42. The zero-order valence-electron chi connectivity index (χ0n) is 19.4. The topological polar surface area (TPSA) is 85.1 Å². The molecule has 1 saturated heterocycles. The van der Waals surface area contributed by atoms with Crippen molar-refractivity contribution in [2.45, 2.75) is 31.8 Å². The molecule has 1 saturated carbocycles. The van der Waals surface area contributed by atoms with Gasteiger partial charge < -0.3 is 10.2 Å². The summed E-state index contributed by atoms with van der Waals surface area (Å²) in [6, 6.07) is 12.9. The van der Waals surface area contributed by atoms with Crippen LogP contribution in [0.5, 0.6) is 0 Å². The fourth-order valence-electron chi connectivity index (χ4n) is 4.93. The van der Waals surface area contributed by atoms with Crippen LogP contribution in [0.4, 0.5) is 10.1 Å². The Balaban J connectivity index is 1.40. The molecule has 1 aliphatic heterocycles. The Morgan fingerprint density at radius 1 is 1.09 bits per heavy atom. The lowest BCUT2D eigenvalue weighted by Gasteiger charge is -2.28. The number of hydrogen-bond donors (Lipinski definition) is 1. The van der Waals surface area contributed by atoms with Gasteiger partial charge in [0.15, 0.2) is 0 Å². The second kappa shape index (κ2) is 8.04. The van der Waals surface area contributed by atoms with Crippen LogP contribution in [0.2, 0.25) is 0 Å². The van der Waals surface area contributed by atoms with Crippen LogP contribution in [-0.2, 0) is 16.6 Å². The fourth-order valence-corrected chi connectivity index (χ4v) is 4.93. The first-order valence-electron chi connectivity index (χ1n) is 11.8. The molecular formula is C26H25FN6O2. The van der Waals surface area contributed by atoms with Crippen LogP contribution in [0.1, 0.15) is 31.5 Å². The molecule has 0 bridgehead atoms. The molecular weight excluding hydrogens is 447 g/mol. The monoisotopic (exact) mass is 472 g/mol. The van der Waals surface area contributed by atoms with Gasteiger partial charge in [0.2, 0.25) is 11.8 Å². The minimum atomic E-state index is -0.425. The maximum atomic E-state index is 13.6. The van der Waals surface area contributed by atoms with Crippen molar-refractivity contribution in [1.29, 1.82) is 0 Å². The molecule has 0 spiro atoms. The van der Waals surface area contributed by atoms with Crippen LogP contribution in [0.15, 0.2) is 60.9 Å². The van der Waals surface area contributed by atoms with Gasteiger partial charge in [0.1, 0.15) is 11.9 Å². The first-order chi connectivity index (χ1) is 16.9. The molecule has 2 aromatic heterocycles. The fraction of sp³-hybridized carbons (Fsp3) is 0.308. The van der Waals surface area contributed by atoms with Crippen LogP contribution in [0.25, 0.3) is 16.6 Å². The van der Waals surface area contributed by atoms with Gasteiger partial charge in [-0.15, -0.1) is 0 Å². The Bertz CT molecular complexity index is 1440. The molecule has 2 fully saturated rings. The van der Waals surface area contributed by atoms with E-state index < -0.39 is 12.0 Å². The molecule has 6 rings (SSSR count). The van der Waals surface area contributed by atoms with Crippen molar-refractivity contribution in [3.63, 3.8) is 0 Å². The Morgan fingerprint density at radius 3 is 2.51 bits per heavy atom. The number of aryl methyl sites for hydroxylation is 1. The normalized spacial score (nSPS) is 22.2. The minimum Gasteiger partial charge on any atom is -0.350 e. The maximum Gasteiger partial charge on any atom is 0.232 e. The van der Waals surface area contributed by atoms with E-state index in [9.17, 15) is 14.0 Å². The number of halogens is 1. The molecule has 0 radical (unpaired) electrons. The van der Waals surface area contributed by atoms with Crippen LogP contribution in [0.3, 0.4) is 0 Å². The van der Waals surface area contributed by atoms with E-state index in [4.69, 9.17) is 0 Å². The number of carbonyl (C=O) groups is 2. The van der Waals surface area contributed by atoms with E-state index >= 15 is 0 Å². The van der Waals surface area contributed by atoms with Gasteiger partial charge in [0.25, 0.3) is 0 Å². The predicted molar refractivity (Wildman–Crippen MR) is 128 cm³/mol. The number of rotatable bonds is 5. The van der Waals surface area contributed by atoms with E-state index in [0.717, 1.165) is 35.1 Å². The summed E-state index contributed by atoms with van der Waals surface area (Å²) >= 11 is 0. The average molecular weight is 473 g/mol. The van der Waals surface area contributed by atoms with Crippen molar-refractivity contribution in [2.24, 2.45) is 18.9 Å². The van der Waals surface area contributed by atoms with Crippen LogP contribution in [-0.4, -0.2) is 37.4 Å². The summed E-state index contributed by atoms with van der Waals surface area (Å²) in [6.45, 7) is 1.86. The third kappa shape index (κ3) is 3.67. The first-order valence-corrected chi connectivity index (χ1v) is 11.8. The third-order valence-corrected chi connectivity index (χ3v) is 6.98. The summed E-state index contributed by atoms with van der Waals surface area (Å²) in [5, 5.41) is 13.1. The lowest BCUT2D eigenvalue weighted by atomic mass is 9.97. The van der Waals surface area contributed by atoms with Gasteiger partial charge in [-0.2, -0.15) is 10.2 Å². The highest BCUT2D eigenvalue weighted by molar-refractivity contribution is 6.01. The quantitative estimate of drug-likeness (QED) is 0.482. The van der Waals surface area contributed by atoms with Gasteiger partial charge >= 0.3 is 0 Å². The van der Waals surface area contributed by atoms with Gasteiger partial charge in [0.05, 0.1) is 35.1 Å². The Hall–Kier alpha value is -4.01. The number of hydrogen-bond acceptors (Lipinski definition) is 4. The zero-order valence-corrected chi connectivity index (χ0v) is 19.4. The molecule has 1 N–H and O–H groups in total. The van der Waals surface area contributed by atoms with Crippen molar-refractivity contribution in [1.82, 2.24) is 24.9 Å². The standard InChI is InChI=1S/C26H25FN6O2/c1-15-23(29-25(34)16-3-4-16)24(21-11-12-31(2)30-21)32(26(15)35)20-9-10-22-17(13-20)14-28-33(22)19-7-5-18(27)6-8-19/h5-16,23-24H,3-4H2,1-2H3,(H,29,34)/t15?,23-,24?/m0/s1. The summed E-state index contributed by atoms with van der Waals surface area (Å²) in [4.78, 5) is 28.0. The van der Waals surface area contributed by atoms with E-state index in [-0.39, 0.29) is 29.6 Å². The molecule has 4 aromatic rings. The molecule has 178 valence electrons. The van der Waals surface area contributed by atoms with E-state index in [2.05, 4.69) is 15.5 Å². The number of amides is 2. The van der Waals surface area contributed by atoms with Gasteiger partial charge in [0, 0.05) is 30.2 Å². The van der Waals surface area contributed by atoms with Crippen molar-refractivity contribution in [3.8, 4) is 5.69 Å². The summed E-state index contributed by atoms with van der Waals surface area (Å²) in [6.07, 6.45) is 5.37. The van der Waals surface area contributed by atoms with Crippen LogP contribution in [0, 0.1) is 17.7 Å². The van der Waals surface area contributed by atoms with E-state index in [1.54, 1.807) is 32.6 Å². The van der Waals surface area contributed by atoms with E-state index in [1.807, 2.05) is 44.4 Å². The average Bonchev–Trinajstić information content (AvgIpc) is 3.42. The molecule has 1 aliphatic carbocycles. The van der Waals surface area contributed by atoms with Crippen LogP contribution < -0.4 is 10.2 Å². The van der Waals surface area contributed by atoms with Gasteiger partial charge in [-0.3, -0.25) is 14.3 Å². The van der Waals surface area contributed by atoms with E-state index in [0.29, 0.717) is 5.69 Å². The number of benzene rings is 2. The van der Waals surface area contributed by atoms with E-state index in [1.165, 1.54) is 12.1 Å². The van der Waals surface area contributed by atoms with Gasteiger partial charge in [-0.05, 0) is 61.4 Å². The molecule has 8 nitrogen and oxygen atoms in total. The molecule has 9 heteroatoms. The summed E-state index contributed by atoms with van der Waals surface area (Å²) in [7, 11) is 1.84. The molecule has 3 atom stereocenters. The minimum absolute atomic E-state index is 0.00783. The van der Waals surface area contributed by atoms with Crippen molar-refractivity contribution >= 4 is 28.4 Å². The molecule has 3 heterocycles. The highest BCUT2D eigenvalue weighted by Crippen LogP contribution is 2.41. The van der Waals surface area contributed by atoms with Crippen molar-refractivity contribution in [2.75, 3.05) is 4.90 Å². The Kier molecular flexibility index (Phi) is 4.94. The molecule has 2 aromatic carbocycles. The number of nitrogens with one attached hydrogen (secondary N) is 1. The number of fused-ring (bicyclic) bond motifs is 1. The second-order valence-corrected chi connectivity index (χ2v) is 9.44. The second-order valence-electron chi connectivity index (χ2n) is 9.44. The maximum absolute atomic E-state index is 13.6. The smallest absolute Gasteiger partial charge is 0.232 e.